The summed E-state index contributed by atoms with van der Waals surface area (Å²) in [6.07, 6.45) is 6.76. The quantitative estimate of drug-likeness (QED) is 0.113. The largest absolute Gasteiger partial charge is 0.513 e. The van der Waals surface area contributed by atoms with E-state index in [0.717, 1.165) is 40.8 Å². The fourth-order valence-electron chi connectivity index (χ4n) is 6.64. The molecule has 0 unspecified atom stereocenters. The number of terminal acetylenes is 1. The van der Waals surface area contributed by atoms with Gasteiger partial charge >= 0.3 is 12.1 Å². The predicted molar refractivity (Wildman–Crippen MR) is 178 cm³/mol. The van der Waals surface area contributed by atoms with Crippen LogP contribution in [0.2, 0.25) is 0 Å². The Hall–Kier alpha value is -3.99. The fraction of sp³-hybridized carbons (Fsp3) is 0.541. The number of aromatic nitrogens is 1. The van der Waals surface area contributed by atoms with Gasteiger partial charge in [0.2, 0.25) is 0 Å². The Morgan fingerprint density at radius 3 is 2.24 bits per heavy atom. The molecule has 1 fully saturated rings. The molecule has 0 radical (unpaired) electrons. The van der Waals surface area contributed by atoms with E-state index in [4.69, 9.17) is 39.6 Å². The molecule has 0 bridgehead atoms. The lowest BCUT2D eigenvalue weighted by Gasteiger charge is -2.32. The summed E-state index contributed by atoms with van der Waals surface area (Å²) in [4.78, 5) is 38.8. The molecule has 5 rings (SSSR count). The molecule has 1 atom stereocenters. The summed E-state index contributed by atoms with van der Waals surface area (Å²) < 4.78 is 39.1. The van der Waals surface area contributed by atoms with Crippen molar-refractivity contribution < 1.29 is 47.9 Å². The third-order valence-electron chi connectivity index (χ3n) is 9.38. The molecule has 49 heavy (non-hydrogen) atoms. The SMILES string of the molecule is C#CCOCCOCCOCCOCCOC(=O)Oc1ccc(C)c(/C(CC)=C2/Cn3c(cc4c(c3=O)COC(=O)[C@]4(O)CC)C23CC3)c1. The number of rotatable bonds is 17. The van der Waals surface area contributed by atoms with Crippen LogP contribution in [-0.4, -0.2) is 81.3 Å². The maximum atomic E-state index is 13.7. The van der Waals surface area contributed by atoms with Gasteiger partial charge in [-0.25, -0.2) is 9.59 Å². The lowest BCUT2D eigenvalue weighted by Crippen LogP contribution is -2.44. The van der Waals surface area contributed by atoms with Gasteiger partial charge < -0.3 is 42.8 Å². The average molecular weight is 680 g/mol. The summed E-state index contributed by atoms with van der Waals surface area (Å²) in [6.45, 7) is 8.95. The number of cyclic esters (lactones) is 1. The van der Waals surface area contributed by atoms with Gasteiger partial charge in [0.15, 0.2) is 5.60 Å². The summed E-state index contributed by atoms with van der Waals surface area (Å²) in [6, 6.07) is 7.30. The number of aliphatic hydroxyl groups is 1. The molecule has 1 saturated carbocycles. The van der Waals surface area contributed by atoms with Gasteiger partial charge in [-0.15, -0.1) is 6.42 Å². The lowest BCUT2D eigenvalue weighted by molar-refractivity contribution is -0.172. The Morgan fingerprint density at radius 1 is 0.980 bits per heavy atom. The van der Waals surface area contributed by atoms with E-state index in [2.05, 4.69) is 12.8 Å². The zero-order valence-electron chi connectivity index (χ0n) is 28.5. The van der Waals surface area contributed by atoms with E-state index in [1.54, 1.807) is 17.6 Å². The molecule has 0 amide bonds. The highest BCUT2D eigenvalue weighted by molar-refractivity contribution is 5.83. The van der Waals surface area contributed by atoms with E-state index in [1.165, 1.54) is 0 Å². The Morgan fingerprint density at radius 2 is 1.63 bits per heavy atom. The second-order valence-electron chi connectivity index (χ2n) is 12.3. The van der Waals surface area contributed by atoms with Crippen molar-refractivity contribution >= 4 is 17.7 Å². The number of aryl methyl sites for hydroxylation is 1. The molecule has 12 heteroatoms. The summed E-state index contributed by atoms with van der Waals surface area (Å²) in [5.74, 6) is 2.00. The Balaban J connectivity index is 1.17. The second-order valence-corrected chi connectivity index (χ2v) is 12.3. The third-order valence-corrected chi connectivity index (χ3v) is 9.38. The van der Waals surface area contributed by atoms with Crippen molar-refractivity contribution in [3.63, 3.8) is 0 Å². The maximum Gasteiger partial charge on any atom is 0.513 e. The number of benzene rings is 1. The number of esters is 1. The molecule has 1 N–H and O–H groups in total. The number of hydrogen-bond donors (Lipinski definition) is 1. The Labute approximate surface area is 286 Å². The van der Waals surface area contributed by atoms with Crippen LogP contribution >= 0.6 is 0 Å². The van der Waals surface area contributed by atoms with E-state index < -0.39 is 17.7 Å². The van der Waals surface area contributed by atoms with E-state index in [1.807, 2.05) is 25.1 Å². The number of allylic oxidation sites excluding steroid dienone is 2. The number of ether oxygens (including phenoxy) is 7. The van der Waals surface area contributed by atoms with Gasteiger partial charge in [-0.2, -0.15) is 0 Å². The zero-order valence-corrected chi connectivity index (χ0v) is 28.5. The predicted octanol–water partition coefficient (Wildman–Crippen LogP) is 3.94. The lowest BCUT2D eigenvalue weighted by atomic mass is 9.82. The van der Waals surface area contributed by atoms with Crippen LogP contribution in [0.15, 0.2) is 34.6 Å². The van der Waals surface area contributed by atoms with Gasteiger partial charge in [0.25, 0.3) is 5.56 Å². The molecule has 1 aromatic heterocycles. The first-order valence-electron chi connectivity index (χ1n) is 16.8. The van der Waals surface area contributed by atoms with E-state index in [-0.39, 0.29) is 43.8 Å². The maximum absolute atomic E-state index is 13.7. The van der Waals surface area contributed by atoms with Crippen LogP contribution in [0.5, 0.6) is 5.75 Å². The van der Waals surface area contributed by atoms with Crippen LogP contribution < -0.4 is 10.3 Å². The molecular formula is C37H45NO11. The molecule has 3 aliphatic rings. The highest BCUT2D eigenvalue weighted by atomic mass is 16.7. The number of hydrogen-bond acceptors (Lipinski definition) is 11. The number of pyridine rings is 1. The van der Waals surface area contributed by atoms with E-state index in [0.29, 0.717) is 69.5 Å². The molecule has 264 valence electrons. The van der Waals surface area contributed by atoms with Gasteiger partial charge in [0.05, 0.1) is 51.8 Å². The number of nitrogens with zero attached hydrogens (tertiary/aromatic N) is 1. The van der Waals surface area contributed by atoms with Crippen molar-refractivity contribution in [2.75, 3.05) is 59.5 Å². The number of carbonyl (C=O) groups is 2. The molecule has 1 aromatic carbocycles. The van der Waals surface area contributed by atoms with Gasteiger partial charge in [-0.05, 0) is 73.1 Å². The number of carbonyl (C=O) groups excluding carboxylic acids is 2. The fourth-order valence-corrected chi connectivity index (χ4v) is 6.64. The van der Waals surface area contributed by atoms with Gasteiger partial charge in [-0.3, -0.25) is 4.79 Å². The van der Waals surface area contributed by atoms with E-state index in [9.17, 15) is 19.5 Å². The minimum atomic E-state index is -1.84. The van der Waals surface area contributed by atoms with Crippen LogP contribution in [0, 0.1) is 19.3 Å². The first-order chi connectivity index (χ1) is 23.7. The molecule has 0 saturated heterocycles. The summed E-state index contributed by atoms with van der Waals surface area (Å²) in [7, 11) is 0. The van der Waals surface area contributed by atoms with Crippen LogP contribution in [0.25, 0.3) is 5.57 Å². The van der Waals surface area contributed by atoms with Gasteiger partial charge in [0.1, 0.15) is 25.6 Å². The average Bonchev–Trinajstić information content (AvgIpc) is 3.83. The third kappa shape index (κ3) is 7.77. The van der Waals surface area contributed by atoms with Crippen LogP contribution in [0.1, 0.15) is 67.5 Å². The minimum absolute atomic E-state index is 0.0197. The summed E-state index contributed by atoms with van der Waals surface area (Å²) in [5.41, 5.74) is 3.21. The summed E-state index contributed by atoms with van der Waals surface area (Å²) >= 11 is 0. The first kappa shape index (κ1) is 36.3. The molecule has 2 aliphatic heterocycles. The van der Waals surface area contributed by atoms with Crippen LogP contribution in [0.3, 0.4) is 0 Å². The van der Waals surface area contributed by atoms with Crippen molar-refractivity contribution in [2.24, 2.45) is 0 Å². The number of fused-ring (bicyclic) bond motifs is 3. The van der Waals surface area contributed by atoms with Crippen molar-refractivity contribution in [1.29, 1.82) is 0 Å². The first-order valence-corrected chi connectivity index (χ1v) is 16.8. The van der Waals surface area contributed by atoms with Crippen LogP contribution in [0.4, 0.5) is 4.79 Å². The molecule has 2 aromatic rings. The van der Waals surface area contributed by atoms with Crippen molar-refractivity contribution in [1.82, 2.24) is 4.57 Å². The standard InChI is InChI=1S/C37H45NO11/c1-5-12-43-13-14-44-15-16-45-17-18-46-19-20-47-35(41)49-26-9-8-25(4)28(21-26)27(6-2)31-23-38-32(36(31)10-11-36)22-30-29(33(38)39)24-48-34(40)37(30,42)7-3/h1,8-9,21-22,42H,6-7,10-20,23-24H2,2-4H3/b31-27-/t37-/m0/s1. The molecule has 1 spiro atoms. The van der Waals surface area contributed by atoms with Crippen molar-refractivity contribution in [3.05, 3.63) is 68.1 Å². The molecule has 12 nitrogen and oxygen atoms in total. The van der Waals surface area contributed by atoms with Gasteiger partial charge in [-0.1, -0.05) is 25.8 Å². The van der Waals surface area contributed by atoms with Crippen LogP contribution in [-0.2, 0) is 57.4 Å². The molecule has 3 heterocycles. The second kappa shape index (κ2) is 16.1. The molecule has 1 aliphatic carbocycles. The Kier molecular flexibility index (Phi) is 12.0. The minimum Gasteiger partial charge on any atom is -0.458 e. The van der Waals surface area contributed by atoms with Gasteiger partial charge in [0, 0.05) is 23.2 Å². The zero-order chi connectivity index (χ0) is 35.0. The summed E-state index contributed by atoms with van der Waals surface area (Å²) in [5, 5.41) is 11.2. The highest BCUT2D eigenvalue weighted by Crippen LogP contribution is 2.60. The smallest absolute Gasteiger partial charge is 0.458 e. The Bertz CT molecular complexity index is 1670. The topological polar surface area (TPSA) is 141 Å². The van der Waals surface area contributed by atoms with Crippen molar-refractivity contribution in [2.45, 2.75) is 70.6 Å². The highest BCUT2D eigenvalue weighted by Gasteiger charge is 2.56. The van der Waals surface area contributed by atoms with E-state index >= 15 is 0 Å². The normalized spacial score (nSPS) is 19.5. The monoisotopic (exact) mass is 679 g/mol. The van der Waals surface area contributed by atoms with Crippen molar-refractivity contribution in [3.8, 4) is 18.1 Å². The molecular weight excluding hydrogens is 634 g/mol.